The molecular formula is C13H11N3O2. The van der Waals surface area contributed by atoms with Crippen LogP contribution in [0.25, 0.3) is 16.9 Å². The smallest absolute Gasteiger partial charge is 0.332 e. The second-order valence-corrected chi connectivity index (χ2v) is 3.81. The first-order valence-corrected chi connectivity index (χ1v) is 5.50. The second-order valence-electron chi connectivity index (χ2n) is 3.81. The van der Waals surface area contributed by atoms with E-state index in [1.165, 1.54) is 4.57 Å². The summed E-state index contributed by atoms with van der Waals surface area (Å²) in [5.74, 6) is 0.631. The van der Waals surface area contributed by atoms with Crippen LogP contribution in [-0.2, 0) is 0 Å². The molecule has 0 amide bonds. The molecule has 0 bridgehead atoms. The van der Waals surface area contributed by atoms with Crippen molar-refractivity contribution < 1.29 is 4.74 Å². The van der Waals surface area contributed by atoms with E-state index in [0.717, 1.165) is 0 Å². The quantitative estimate of drug-likeness (QED) is 0.743. The van der Waals surface area contributed by atoms with Crippen LogP contribution in [0.1, 0.15) is 0 Å². The van der Waals surface area contributed by atoms with E-state index in [1.54, 1.807) is 19.4 Å². The average molecular weight is 241 g/mol. The minimum atomic E-state index is -0.229. The molecule has 3 aromatic rings. The molecule has 0 radical (unpaired) electrons. The number of hydrogen-bond acceptors (Lipinski definition) is 3. The topological polar surface area (TPSA) is 59.9 Å². The molecule has 0 aliphatic rings. The normalized spacial score (nSPS) is 10.7. The molecule has 2 aromatic heterocycles. The number of hydrogen-bond donors (Lipinski definition) is 1. The van der Waals surface area contributed by atoms with Crippen LogP contribution >= 0.6 is 0 Å². The van der Waals surface area contributed by atoms with Crippen molar-refractivity contribution in [2.45, 2.75) is 0 Å². The van der Waals surface area contributed by atoms with Crippen LogP contribution in [0, 0.1) is 0 Å². The van der Waals surface area contributed by atoms with Crippen molar-refractivity contribution in [2.75, 3.05) is 7.11 Å². The van der Waals surface area contributed by atoms with Gasteiger partial charge in [-0.1, -0.05) is 12.1 Å². The molecule has 0 atom stereocenters. The number of aromatic nitrogens is 3. The average Bonchev–Trinajstić information content (AvgIpc) is 2.74. The van der Waals surface area contributed by atoms with Crippen LogP contribution in [0.5, 0.6) is 5.75 Å². The van der Waals surface area contributed by atoms with Gasteiger partial charge in [0.1, 0.15) is 5.75 Å². The number of pyridine rings is 1. The lowest BCUT2D eigenvalue weighted by molar-refractivity contribution is 0.413. The number of H-pyrrole nitrogens is 1. The van der Waals surface area contributed by atoms with E-state index < -0.39 is 0 Å². The molecule has 0 saturated heterocycles. The van der Waals surface area contributed by atoms with E-state index in [9.17, 15) is 4.79 Å². The van der Waals surface area contributed by atoms with Crippen molar-refractivity contribution in [3.05, 3.63) is 53.1 Å². The van der Waals surface area contributed by atoms with Gasteiger partial charge in [-0.25, -0.2) is 14.3 Å². The first-order chi connectivity index (χ1) is 8.81. The number of ether oxygens (including phenoxy) is 1. The second kappa shape index (κ2) is 4.03. The number of rotatable bonds is 2. The summed E-state index contributed by atoms with van der Waals surface area (Å²) in [7, 11) is 1.58. The molecule has 0 aliphatic carbocycles. The van der Waals surface area contributed by atoms with Gasteiger partial charge in [-0.2, -0.15) is 0 Å². The largest absolute Gasteiger partial charge is 0.495 e. The summed E-state index contributed by atoms with van der Waals surface area (Å²) >= 11 is 0. The third-order valence-corrected chi connectivity index (χ3v) is 2.77. The van der Waals surface area contributed by atoms with E-state index >= 15 is 0 Å². The maximum absolute atomic E-state index is 12.0. The lowest BCUT2D eigenvalue weighted by atomic mass is 10.3. The van der Waals surface area contributed by atoms with Crippen LogP contribution in [0.2, 0.25) is 0 Å². The van der Waals surface area contributed by atoms with E-state index in [2.05, 4.69) is 9.97 Å². The first-order valence-electron chi connectivity index (χ1n) is 5.50. The Morgan fingerprint density at radius 2 is 2.06 bits per heavy atom. The lowest BCUT2D eigenvalue weighted by Crippen LogP contribution is -2.15. The van der Waals surface area contributed by atoms with Gasteiger partial charge in [0.15, 0.2) is 5.65 Å². The highest BCUT2D eigenvalue weighted by molar-refractivity contribution is 5.73. The third-order valence-electron chi connectivity index (χ3n) is 2.77. The van der Waals surface area contributed by atoms with Crippen LogP contribution in [0.3, 0.4) is 0 Å². The number of benzene rings is 1. The van der Waals surface area contributed by atoms with Crippen molar-refractivity contribution in [1.82, 2.24) is 14.5 Å². The van der Waals surface area contributed by atoms with Crippen LogP contribution in [0.4, 0.5) is 0 Å². The maximum atomic E-state index is 12.0. The highest BCUT2D eigenvalue weighted by Gasteiger charge is 2.12. The van der Waals surface area contributed by atoms with E-state index in [-0.39, 0.29) is 5.69 Å². The Labute approximate surface area is 103 Å². The zero-order chi connectivity index (χ0) is 12.5. The molecule has 2 heterocycles. The summed E-state index contributed by atoms with van der Waals surface area (Å²) in [6.45, 7) is 0. The Morgan fingerprint density at radius 3 is 2.89 bits per heavy atom. The minimum Gasteiger partial charge on any atom is -0.495 e. The summed E-state index contributed by atoms with van der Waals surface area (Å²) in [6, 6.07) is 10.9. The Morgan fingerprint density at radius 1 is 1.22 bits per heavy atom. The molecule has 5 nitrogen and oxygen atoms in total. The van der Waals surface area contributed by atoms with E-state index in [0.29, 0.717) is 22.6 Å². The monoisotopic (exact) mass is 241 g/mol. The van der Waals surface area contributed by atoms with Gasteiger partial charge in [0.05, 0.1) is 18.3 Å². The number of fused-ring (bicyclic) bond motifs is 1. The fourth-order valence-electron chi connectivity index (χ4n) is 1.98. The summed E-state index contributed by atoms with van der Waals surface area (Å²) in [4.78, 5) is 19.0. The summed E-state index contributed by atoms with van der Waals surface area (Å²) in [5, 5.41) is 0. The van der Waals surface area contributed by atoms with Crippen LogP contribution < -0.4 is 10.4 Å². The molecule has 0 saturated carbocycles. The lowest BCUT2D eigenvalue weighted by Gasteiger charge is -2.08. The van der Waals surface area contributed by atoms with Crippen molar-refractivity contribution in [2.24, 2.45) is 0 Å². The standard InChI is InChI=1S/C13H11N3O2/c1-18-11-7-3-2-6-10(11)16-12-9(15-13(16)17)5-4-8-14-12/h2-8H,1H3,(H,15,17). The first kappa shape index (κ1) is 10.6. The zero-order valence-electron chi connectivity index (χ0n) is 9.75. The number of nitrogens with zero attached hydrogens (tertiary/aromatic N) is 2. The van der Waals surface area contributed by atoms with Gasteiger partial charge in [-0.15, -0.1) is 0 Å². The van der Waals surface area contributed by atoms with E-state index in [1.807, 2.05) is 30.3 Å². The molecular weight excluding hydrogens is 230 g/mol. The van der Waals surface area contributed by atoms with Gasteiger partial charge >= 0.3 is 5.69 Å². The minimum absolute atomic E-state index is 0.229. The molecule has 0 fully saturated rings. The molecule has 0 unspecified atom stereocenters. The molecule has 1 N–H and O–H groups in total. The predicted molar refractivity (Wildman–Crippen MR) is 68.2 cm³/mol. The Bertz CT molecular complexity index is 758. The summed E-state index contributed by atoms with van der Waals surface area (Å²) in [5.41, 5.74) is 1.74. The fourth-order valence-corrected chi connectivity index (χ4v) is 1.98. The molecule has 90 valence electrons. The number of para-hydroxylation sites is 2. The van der Waals surface area contributed by atoms with Crippen LogP contribution in [-0.4, -0.2) is 21.6 Å². The SMILES string of the molecule is COc1ccccc1-n1c(=O)[nH]c2cccnc21. The Hall–Kier alpha value is -2.56. The van der Waals surface area contributed by atoms with Crippen molar-refractivity contribution >= 4 is 11.2 Å². The predicted octanol–water partition coefficient (Wildman–Crippen LogP) is 1.72. The molecule has 0 spiro atoms. The van der Waals surface area contributed by atoms with Gasteiger partial charge in [-0.05, 0) is 24.3 Å². The van der Waals surface area contributed by atoms with Gasteiger partial charge < -0.3 is 9.72 Å². The number of nitrogens with one attached hydrogen (secondary N) is 1. The van der Waals surface area contributed by atoms with Gasteiger partial charge in [0.25, 0.3) is 0 Å². The van der Waals surface area contributed by atoms with Crippen molar-refractivity contribution in [3.63, 3.8) is 0 Å². The maximum Gasteiger partial charge on any atom is 0.332 e. The molecule has 1 aromatic carbocycles. The molecule has 5 heteroatoms. The zero-order valence-corrected chi connectivity index (χ0v) is 9.75. The Kier molecular flexibility index (Phi) is 2.37. The summed E-state index contributed by atoms with van der Waals surface area (Å²) < 4.78 is 6.78. The van der Waals surface area contributed by atoms with Crippen LogP contribution in [0.15, 0.2) is 47.4 Å². The highest BCUT2D eigenvalue weighted by atomic mass is 16.5. The van der Waals surface area contributed by atoms with Crippen molar-refractivity contribution in [3.8, 4) is 11.4 Å². The molecule has 0 aliphatic heterocycles. The van der Waals surface area contributed by atoms with E-state index in [4.69, 9.17) is 4.74 Å². The Balaban J connectivity index is 2.38. The highest BCUT2D eigenvalue weighted by Crippen LogP contribution is 2.23. The fraction of sp³-hybridized carbons (Fsp3) is 0.0769. The van der Waals surface area contributed by atoms with Gasteiger partial charge in [0, 0.05) is 6.20 Å². The third kappa shape index (κ3) is 1.48. The summed E-state index contributed by atoms with van der Waals surface area (Å²) in [6.07, 6.45) is 1.65. The number of imidazole rings is 1. The van der Waals surface area contributed by atoms with Crippen molar-refractivity contribution in [1.29, 1.82) is 0 Å². The van der Waals surface area contributed by atoms with Gasteiger partial charge in [0.2, 0.25) is 0 Å². The number of aromatic amines is 1. The number of methoxy groups -OCH3 is 1. The van der Waals surface area contributed by atoms with Gasteiger partial charge in [-0.3, -0.25) is 0 Å². The molecule has 3 rings (SSSR count). The molecule has 18 heavy (non-hydrogen) atoms.